The molecule has 2 aromatic rings. The molecule has 5 nitrogen and oxygen atoms in total. The molecule has 0 aliphatic carbocycles. The Kier molecular flexibility index (Phi) is 7.61. The number of Topliss-reactive ketones (excluding diaryl/α,β-unsaturated/α-hetero) is 1. The number of rotatable bonds is 10. The molecule has 1 amide bonds. The lowest BCUT2D eigenvalue weighted by Crippen LogP contribution is -2.30. The highest BCUT2D eigenvalue weighted by atomic mass is 19.1. The van der Waals surface area contributed by atoms with E-state index in [0.717, 1.165) is 0 Å². The summed E-state index contributed by atoms with van der Waals surface area (Å²) in [5.41, 5.74) is 0.630. The van der Waals surface area contributed by atoms with Crippen LogP contribution in [-0.2, 0) is 4.79 Å². The average Bonchev–Trinajstić information content (AvgIpc) is 2.67. The van der Waals surface area contributed by atoms with Gasteiger partial charge in [0, 0.05) is 18.5 Å². The molecule has 0 aliphatic heterocycles. The maximum absolute atomic E-state index is 12.8. The number of ether oxygens (including phenoxy) is 2. The van der Waals surface area contributed by atoms with Crippen LogP contribution in [0.25, 0.3) is 0 Å². The Balaban J connectivity index is 1.60. The SMILES string of the molecule is CCC(=O)c1ccc(OCC(=O)NCCCOc2ccc(F)cc2)cc1. The first-order chi connectivity index (χ1) is 12.6. The molecular formula is C20H22FNO4. The topological polar surface area (TPSA) is 64.6 Å². The smallest absolute Gasteiger partial charge is 0.257 e. The van der Waals surface area contributed by atoms with Crippen molar-refractivity contribution in [2.45, 2.75) is 19.8 Å². The second-order valence-electron chi connectivity index (χ2n) is 5.60. The minimum absolute atomic E-state index is 0.0668. The van der Waals surface area contributed by atoms with E-state index in [0.29, 0.717) is 43.1 Å². The van der Waals surface area contributed by atoms with Crippen molar-refractivity contribution in [2.24, 2.45) is 0 Å². The molecule has 0 radical (unpaired) electrons. The van der Waals surface area contributed by atoms with Crippen molar-refractivity contribution in [3.63, 3.8) is 0 Å². The quantitative estimate of drug-likeness (QED) is 0.522. The van der Waals surface area contributed by atoms with Crippen LogP contribution in [0.4, 0.5) is 4.39 Å². The van der Waals surface area contributed by atoms with Crippen LogP contribution in [0.2, 0.25) is 0 Å². The van der Waals surface area contributed by atoms with E-state index >= 15 is 0 Å². The largest absolute Gasteiger partial charge is 0.494 e. The average molecular weight is 359 g/mol. The van der Waals surface area contributed by atoms with Crippen LogP contribution in [0.1, 0.15) is 30.1 Å². The van der Waals surface area contributed by atoms with Gasteiger partial charge in [-0.3, -0.25) is 9.59 Å². The van der Waals surface area contributed by atoms with E-state index in [9.17, 15) is 14.0 Å². The third kappa shape index (κ3) is 6.55. The molecule has 0 saturated heterocycles. The van der Waals surface area contributed by atoms with Gasteiger partial charge in [-0.25, -0.2) is 4.39 Å². The summed E-state index contributed by atoms with van der Waals surface area (Å²) in [6, 6.07) is 12.5. The highest BCUT2D eigenvalue weighted by molar-refractivity contribution is 5.95. The number of carbonyl (C=O) groups excluding carboxylic acids is 2. The van der Waals surface area contributed by atoms with Crippen LogP contribution >= 0.6 is 0 Å². The van der Waals surface area contributed by atoms with Gasteiger partial charge >= 0.3 is 0 Å². The molecular weight excluding hydrogens is 337 g/mol. The van der Waals surface area contributed by atoms with Crippen molar-refractivity contribution in [2.75, 3.05) is 19.8 Å². The van der Waals surface area contributed by atoms with E-state index in [1.165, 1.54) is 12.1 Å². The van der Waals surface area contributed by atoms with Gasteiger partial charge in [0.2, 0.25) is 0 Å². The lowest BCUT2D eigenvalue weighted by atomic mass is 10.1. The van der Waals surface area contributed by atoms with Crippen LogP contribution in [-0.4, -0.2) is 31.4 Å². The summed E-state index contributed by atoms with van der Waals surface area (Å²) in [7, 11) is 0. The number of benzene rings is 2. The Morgan fingerprint density at radius 2 is 1.58 bits per heavy atom. The van der Waals surface area contributed by atoms with Crippen LogP contribution in [0.5, 0.6) is 11.5 Å². The van der Waals surface area contributed by atoms with E-state index in [1.807, 2.05) is 6.92 Å². The normalized spacial score (nSPS) is 10.2. The van der Waals surface area contributed by atoms with Crippen LogP contribution < -0.4 is 14.8 Å². The van der Waals surface area contributed by atoms with Crippen LogP contribution in [0.3, 0.4) is 0 Å². The van der Waals surface area contributed by atoms with Crippen LogP contribution in [0.15, 0.2) is 48.5 Å². The third-order valence-electron chi connectivity index (χ3n) is 3.59. The summed E-state index contributed by atoms with van der Waals surface area (Å²) in [6.45, 7) is 2.58. The number of amides is 1. The van der Waals surface area contributed by atoms with Gasteiger partial charge in [0.1, 0.15) is 17.3 Å². The number of carbonyl (C=O) groups is 2. The molecule has 26 heavy (non-hydrogen) atoms. The predicted molar refractivity (Wildman–Crippen MR) is 96.1 cm³/mol. The minimum Gasteiger partial charge on any atom is -0.494 e. The predicted octanol–water partition coefficient (Wildman–Crippen LogP) is 3.38. The second-order valence-corrected chi connectivity index (χ2v) is 5.60. The zero-order valence-corrected chi connectivity index (χ0v) is 14.7. The highest BCUT2D eigenvalue weighted by Crippen LogP contribution is 2.13. The Labute approximate surface area is 152 Å². The first kappa shape index (κ1) is 19.4. The summed E-state index contributed by atoms with van der Waals surface area (Å²) in [5.74, 6) is 0.646. The van der Waals surface area contributed by atoms with Gasteiger partial charge in [-0.15, -0.1) is 0 Å². The maximum Gasteiger partial charge on any atom is 0.257 e. The molecule has 6 heteroatoms. The van der Waals surface area contributed by atoms with E-state index in [2.05, 4.69) is 5.32 Å². The molecule has 0 aromatic heterocycles. The van der Waals surface area contributed by atoms with Gasteiger partial charge < -0.3 is 14.8 Å². The number of nitrogens with one attached hydrogen (secondary N) is 1. The molecule has 0 unspecified atom stereocenters. The molecule has 0 fully saturated rings. The summed E-state index contributed by atoms with van der Waals surface area (Å²) < 4.78 is 23.6. The van der Waals surface area contributed by atoms with Crippen molar-refractivity contribution in [1.82, 2.24) is 5.32 Å². The zero-order chi connectivity index (χ0) is 18.8. The fourth-order valence-corrected chi connectivity index (χ4v) is 2.16. The molecule has 1 N–H and O–H groups in total. The van der Waals surface area contributed by atoms with Crippen LogP contribution in [0, 0.1) is 5.82 Å². The number of halogens is 1. The maximum atomic E-state index is 12.8. The fourth-order valence-electron chi connectivity index (χ4n) is 2.16. The summed E-state index contributed by atoms with van der Waals surface area (Å²) in [5, 5.41) is 2.73. The number of hydrogen-bond donors (Lipinski definition) is 1. The second kappa shape index (κ2) is 10.2. The van der Waals surface area contributed by atoms with E-state index in [1.54, 1.807) is 36.4 Å². The molecule has 0 bridgehead atoms. The molecule has 0 aliphatic rings. The molecule has 0 saturated carbocycles. The Morgan fingerprint density at radius 1 is 0.962 bits per heavy atom. The first-order valence-electron chi connectivity index (χ1n) is 8.49. The lowest BCUT2D eigenvalue weighted by Gasteiger charge is -2.09. The van der Waals surface area contributed by atoms with Gasteiger partial charge in [-0.1, -0.05) is 6.92 Å². The molecule has 138 valence electrons. The van der Waals surface area contributed by atoms with E-state index < -0.39 is 0 Å². The Bertz CT molecular complexity index is 714. The van der Waals surface area contributed by atoms with Gasteiger partial charge in [0.25, 0.3) is 5.91 Å². The number of ketones is 1. The highest BCUT2D eigenvalue weighted by Gasteiger charge is 2.05. The van der Waals surface area contributed by atoms with Gasteiger partial charge in [0.05, 0.1) is 6.61 Å². The summed E-state index contributed by atoms with van der Waals surface area (Å²) in [6.07, 6.45) is 1.07. The van der Waals surface area contributed by atoms with Crippen molar-refractivity contribution in [3.05, 3.63) is 59.9 Å². The van der Waals surface area contributed by atoms with Gasteiger partial charge in [-0.05, 0) is 55.0 Å². The molecule has 0 heterocycles. The summed E-state index contributed by atoms with van der Waals surface area (Å²) >= 11 is 0. The molecule has 0 atom stereocenters. The molecule has 2 aromatic carbocycles. The molecule has 2 rings (SSSR count). The van der Waals surface area contributed by atoms with Crippen molar-refractivity contribution in [3.8, 4) is 11.5 Å². The van der Waals surface area contributed by atoms with Gasteiger partial charge in [0.15, 0.2) is 12.4 Å². The van der Waals surface area contributed by atoms with Crippen molar-refractivity contribution < 1.29 is 23.5 Å². The van der Waals surface area contributed by atoms with Gasteiger partial charge in [-0.2, -0.15) is 0 Å². The summed E-state index contributed by atoms with van der Waals surface area (Å²) in [4.78, 5) is 23.3. The monoisotopic (exact) mass is 359 g/mol. The first-order valence-corrected chi connectivity index (χ1v) is 8.49. The third-order valence-corrected chi connectivity index (χ3v) is 3.59. The lowest BCUT2D eigenvalue weighted by molar-refractivity contribution is -0.123. The minimum atomic E-state index is -0.309. The Morgan fingerprint density at radius 3 is 2.23 bits per heavy atom. The standard InChI is InChI=1S/C20H22FNO4/c1-2-19(23)15-4-8-18(9-5-15)26-14-20(24)22-12-3-13-25-17-10-6-16(21)7-11-17/h4-11H,2-3,12-14H2,1H3,(H,22,24). The Hall–Kier alpha value is -2.89. The van der Waals surface area contributed by atoms with Crippen molar-refractivity contribution in [1.29, 1.82) is 0 Å². The van der Waals surface area contributed by atoms with E-state index in [4.69, 9.17) is 9.47 Å². The van der Waals surface area contributed by atoms with Crippen molar-refractivity contribution >= 4 is 11.7 Å². The zero-order valence-electron chi connectivity index (χ0n) is 14.7. The molecule has 0 spiro atoms. The number of hydrogen-bond acceptors (Lipinski definition) is 4. The van der Waals surface area contributed by atoms with E-state index in [-0.39, 0.29) is 24.1 Å². The fraction of sp³-hybridized carbons (Fsp3) is 0.300.